The number of hydrogen-bond acceptors (Lipinski definition) is 5. The number of ether oxygens (including phenoxy) is 1. The second kappa shape index (κ2) is 14.5. The highest BCUT2D eigenvalue weighted by Crippen LogP contribution is 2.31. The third-order valence-electron chi connectivity index (χ3n) is 6.48. The molecule has 1 aromatic rings. The molecule has 1 aliphatic carbocycles. The summed E-state index contributed by atoms with van der Waals surface area (Å²) in [7, 11) is 0. The van der Waals surface area contributed by atoms with Crippen molar-refractivity contribution in [1.82, 2.24) is 10.6 Å². The summed E-state index contributed by atoms with van der Waals surface area (Å²) in [6.07, 6.45) is 8.05. The van der Waals surface area contributed by atoms with Gasteiger partial charge in [-0.25, -0.2) is 0 Å². The third kappa shape index (κ3) is 9.32. The first-order valence-electron chi connectivity index (χ1n) is 12.5. The number of allylic oxidation sites excluding steroid dienone is 2. The van der Waals surface area contributed by atoms with Gasteiger partial charge in [0.1, 0.15) is 6.61 Å². The normalized spacial score (nSPS) is 17.0. The maximum absolute atomic E-state index is 13.2. The summed E-state index contributed by atoms with van der Waals surface area (Å²) >= 11 is 0. The SMILES string of the molecule is C=CC[C@@H](CC(=O)N[C@H](C)CO)C(=O)NC1(COC(=O)[C@H](CC=C)Cc2ccccc2)CCCC1. The first kappa shape index (κ1) is 28.3. The van der Waals surface area contributed by atoms with Crippen LogP contribution in [0.15, 0.2) is 55.6 Å². The Balaban J connectivity index is 2.02. The molecule has 1 saturated carbocycles. The molecule has 1 aliphatic rings. The average molecular weight is 485 g/mol. The molecule has 3 atom stereocenters. The van der Waals surface area contributed by atoms with Crippen molar-refractivity contribution in [2.24, 2.45) is 11.8 Å². The smallest absolute Gasteiger partial charge is 0.309 e. The Kier molecular flexibility index (Phi) is 11.7. The van der Waals surface area contributed by atoms with Gasteiger partial charge in [-0.3, -0.25) is 14.4 Å². The van der Waals surface area contributed by atoms with Crippen molar-refractivity contribution in [1.29, 1.82) is 0 Å². The van der Waals surface area contributed by atoms with Crippen LogP contribution in [0.25, 0.3) is 0 Å². The first-order valence-corrected chi connectivity index (χ1v) is 12.5. The summed E-state index contributed by atoms with van der Waals surface area (Å²) in [5.41, 5.74) is 0.424. The highest BCUT2D eigenvalue weighted by molar-refractivity contribution is 5.86. The summed E-state index contributed by atoms with van der Waals surface area (Å²) in [5.74, 6) is -1.77. The molecule has 0 radical (unpaired) electrons. The average Bonchev–Trinajstić information content (AvgIpc) is 3.31. The molecule has 2 rings (SSSR count). The van der Waals surface area contributed by atoms with E-state index in [0.717, 1.165) is 18.4 Å². The van der Waals surface area contributed by atoms with Crippen LogP contribution in [-0.4, -0.2) is 47.7 Å². The molecule has 0 aromatic heterocycles. The summed E-state index contributed by atoms with van der Waals surface area (Å²) < 4.78 is 5.78. The second-order valence-electron chi connectivity index (χ2n) is 9.57. The van der Waals surface area contributed by atoms with Crippen molar-refractivity contribution in [2.45, 2.75) is 69.9 Å². The lowest BCUT2D eigenvalue weighted by atomic mass is 9.93. The van der Waals surface area contributed by atoms with Crippen LogP contribution in [0.4, 0.5) is 0 Å². The Hall–Kier alpha value is -2.93. The van der Waals surface area contributed by atoms with Crippen molar-refractivity contribution < 1.29 is 24.2 Å². The van der Waals surface area contributed by atoms with E-state index in [1.165, 1.54) is 0 Å². The predicted molar refractivity (Wildman–Crippen MR) is 136 cm³/mol. The molecule has 0 unspecified atom stereocenters. The number of carbonyl (C=O) groups is 3. The molecule has 0 spiro atoms. The number of carbonyl (C=O) groups excluding carboxylic acids is 3. The first-order chi connectivity index (χ1) is 16.8. The number of aliphatic hydroxyl groups excluding tert-OH is 1. The van der Waals surface area contributed by atoms with Gasteiger partial charge in [0.2, 0.25) is 11.8 Å². The lowest BCUT2D eigenvalue weighted by Gasteiger charge is -2.32. The maximum atomic E-state index is 13.2. The van der Waals surface area contributed by atoms with E-state index in [0.29, 0.717) is 32.1 Å². The second-order valence-corrected chi connectivity index (χ2v) is 9.57. The summed E-state index contributed by atoms with van der Waals surface area (Å²) in [5, 5.41) is 14.9. The van der Waals surface area contributed by atoms with Gasteiger partial charge in [-0.05, 0) is 44.6 Å². The molecule has 0 heterocycles. The fourth-order valence-electron chi connectivity index (χ4n) is 4.50. The number of esters is 1. The van der Waals surface area contributed by atoms with Gasteiger partial charge in [-0.1, -0.05) is 55.3 Å². The topological polar surface area (TPSA) is 105 Å². The highest BCUT2D eigenvalue weighted by Gasteiger charge is 2.39. The van der Waals surface area contributed by atoms with Crippen LogP contribution < -0.4 is 10.6 Å². The molecule has 3 N–H and O–H groups in total. The fraction of sp³-hybridized carbons (Fsp3) is 0.536. The van der Waals surface area contributed by atoms with Gasteiger partial charge in [-0.15, -0.1) is 13.2 Å². The van der Waals surface area contributed by atoms with E-state index in [1.807, 2.05) is 30.3 Å². The Morgan fingerprint density at radius 1 is 1.09 bits per heavy atom. The highest BCUT2D eigenvalue weighted by atomic mass is 16.5. The lowest BCUT2D eigenvalue weighted by molar-refractivity contribution is -0.151. The number of rotatable bonds is 15. The van der Waals surface area contributed by atoms with Crippen molar-refractivity contribution in [3.63, 3.8) is 0 Å². The largest absolute Gasteiger partial charge is 0.463 e. The Morgan fingerprint density at radius 3 is 2.31 bits per heavy atom. The third-order valence-corrected chi connectivity index (χ3v) is 6.48. The molecule has 7 heteroatoms. The number of amides is 2. The van der Waals surface area contributed by atoms with E-state index in [2.05, 4.69) is 23.8 Å². The van der Waals surface area contributed by atoms with Crippen LogP contribution in [0, 0.1) is 11.8 Å². The number of nitrogens with one attached hydrogen (secondary N) is 2. The van der Waals surface area contributed by atoms with E-state index < -0.39 is 11.5 Å². The minimum absolute atomic E-state index is 0.00343. The molecule has 35 heavy (non-hydrogen) atoms. The number of aliphatic hydroxyl groups is 1. The van der Waals surface area contributed by atoms with Crippen molar-refractivity contribution in [3.05, 3.63) is 61.2 Å². The van der Waals surface area contributed by atoms with Crippen LogP contribution in [-0.2, 0) is 25.5 Å². The molecular weight excluding hydrogens is 444 g/mol. The quantitative estimate of drug-likeness (QED) is 0.261. The molecule has 1 aromatic carbocycles. The molecule has 0 aliphatic heterocycles. The van der Waals surface area contributed by atoms with Gasteiger partial charge in [-0.2, -0.15) is 0 Å². The molecule has 192 valence electrons. The monoisotopic (exact) mass is 484 g/mol. The molecule has 0 saturated heterocycles. The Labute approximate surface area is 209 Å². The zero-order valence-corrected chi connectivity index (χ0v) is 20.8. The maximum Gasteiger partial charge on any atom is 0.309 e. The van der Waals surface area contributed by atoms with Gasteiger partial charge >= 0.3 is 5.97 Å². The van der Waals surface area contributed by atoms with Crippen LogP contribution >= 0.6 is 0 Å². The van der Waals surface area contributed by atoms with E-state index in [1.54, 1.807) is 19.1 Å². The zero-order chi connectivity index (χ0) is 25.7. The number of benzene rings is 1. The van der Waals surface area contributed by atoms with Crippen LogP contribution in [0.3, 0.4) is 0 Å². The summed E-state index contributed by atoms with van der Waals surface area (Å²) in [6, 6.07) is 9.42. The Bertz CT molecular complexity index is 848. The molecule has 7 nitrogen and oxygen atoms in total. The predicted octanol–water partition coefficient (Wildman–Crippen LogP) is 3.47. The van der Waals surface area contributed by atoms with Gasteiger partial charge < -0.3 is 20.5 Å². The fourth-order valence-corrected chi connectivity index (χ4v) is 4.50. The zero-order valence-electron chi connectivity index (χ0n) is 20.8. The van der Waals surface area contributed by atoms with Gasteiger partial charge in [0.25, 0.3) is 0 Å². The van der Waals surface area contributed by atoms with E-state index in [9.17, 15) is 14.4 Å². The number of hydrogen-bond donors (Lipinski definition) is 3. The van der Waals surface area contributed by atoms with Gasteiger partial charge in [0.05, 0.1) is 24.0 Å². The molecule has 0 bridgehead atoms. The van der Waals surface area contributed by atoms with Gasteiger partial charge in [0, 0.05) is 12.5 Å². The van der Waals surface area contributed by atoms with Crippen molar-refractivity contribution in [2.75, 3.05) is 13.2 Å². The van der Waals surface area contributed by atoms with E-state index in [-0.39, 0.29) is 49.4 Å². The Morgan fingerprint density at radius 2 is 1.71 bits per heavy atom. The molecular formula is C28H40N2O5. The minimum atomic E-state index is -0.632. The van der Waals surface area contributed by atoms with Gasteiger partial charge in [0.15, 0.2) is 0 Å². The lowest BCUT2D eigenvalue weighted by Crippen LogP contribution is -2.52. The van der Waals surface area contributed by atoms with E-state index in [4.69, 9.17) is 9.84 Å². The summed E-state index contributed by atoms with van der Waals surface area (Å²) in [4.78, 5) is 38.4. The summed E-state index contributed by atoms with van der Waals surface area (Å²) in [6.45, 7) is 9.13. The van der Waals surface area contributed by atoms with Crippen LogP contribution in [0.5, 0.6) is 0 Å². The van der Waals surface area contributed by atoms with Crippen molar-refractivity contribution >= 4 is 17.8 Å². The standard InChI is InChI=1S/C28H40N2O5/c1-4-11-23(18-25(32)29-21(3)19-31)26(33)30-28(15-9-10-16-28)20-35-27(34)24(12-5-2)17-22-13-7-6-8-14-22/h4-8,13-14,21,23-24,31H,1-2,9-12,15-20H2,3H3,(H,29,32)(H,30,33)/t21-,23+,24-/m1/s1. The minimum Gasteiger partial charge on any atom is -0.463 e. The molecule has 2 amide bonds. The van der Waals surface area contributed by atoms with Crippen molar-refractivity contribution in [3.8, 4) is 0 Å². The molecule has 1 fully saturated rings. The van der Waals surface area contributed by atoms with E-state index >= 15 is 0 Å². The van der Waals surface area contributed by atoms with Crippen LogP contribution in [0.1, 0.15) is 57.4 Å². The van der Waals surface area contributed by atoms with Crippen LogP contribution in [0.2, 0.25) is 0 Å².